The molecule has 0 radical (unpaired) electrons. The molecule has 0 fully saturated rings. The normalized spacial score (nSPS) is 16.4. The number of nitrogens with zero attached hydrogens (tertiary/aromatic N) is 2. The van der Waals surface area contributed by atoms with Gasteiger partial charge in [0.05, 0.1) is 12.2 Å². The van der Waals surface area contributed by atoms with Crippen molar-refractivity contribution < 1.29 is 4.79 Å². The summed E-state index contributed by atoms with van der Waals surface area (Å²) in [4.78, 5) is 16.8. The standard InChI is InChI=1S/C20H19N3O/c24-20(19-7-3-5-15-4-1-2-6-18(15)19)22-16-8-10-17(11-9-16)23-13-12-21-14-23/h1-2,4,6,8-14,19H,3,5,7H2,(H,22,24). The van der Waals surface area contributed by atoms with Crippen molar-refractivity contribution in [1.29, 1.82) is 0 Å². The predicted molar refractivity (Wildman–Crippen MR) is 94.3 cm³/mol. The van der Waals surface area contributed by atoms with Crippen molar-refractivity contribution in [3.05, 3.63) is 78.4 Å². The lowest BCUT2D eigenvalue weighted by molar-refractivity contribution is -0.117. The molecule has 0 spiro atoms. The maximum atomic E-state index is 12.7. The van der Waals surface area contributed by atoms with Gasteiger partial charge < -0.3 is 9.88 Å². The number of aromatic nitrogens is 2. The third kappa shape index (κ3) is 2.83. The minimum atomic E-state index is -0.0525. The van der Waals surface area contributed by atoms with Crippen LogP contribution in [0.25, 0.3) is 5.69 Å². The number of hydrogen-bond donors (Lipinski definition) is 1. The fourth-order valence-electron chi connectivity index (χ4n) is 3.38. The first-order chi connectivity index (χ1) is 11.8. The number of benzene rings is 2. The van der Waals surface area contributed by atoms with Crippen molar-refractivity contribution in [2.45, 2.75) is 25.2 Å². The van der Waals surface area contributed by atoms with Crippen LogP contribution in [-0.2, 0) is 11.2 Å². The molecule has 1 N–H and O–H groups in total. The average molecular weight is 317 g/mol. The lowest BCUT2D eigenvalue weighted by Crippen LogP contribution is -2.24. The molecule has 4 heteroatoms. The average Bonchev–Trinajstić information content (AvgIpc) is 3.16. The number of anilines is 1. The van der Waals surface area contributed by atoms with Gasteiger partial charge in [-0.25, -0.2) is 4.98 Å². The second-order valence-electron chi connectivity index (χ2n) is 6.15. The van der Waals surface area contributed by atoms with Crippen LogP contribution in [0.2, 0.25) is 0 Å². The second-order valence-corrected chi connectivity index (χ2v) is 6.15. The zero-order valence-corrected chi connectivity index (χ0v) is 13.4. The van der Waals surface area contributed by atoms with Crippen LogP contribution in [0, 0.1) is 0 Å². The molecule has 1 aromatic heterocycles. The van der Waals surface area contributed by atoms with Crippen LogP contribution in [0.3, 0.4) is 0 Å². The molecule has 120 valence electrons. The first-order valence-electron chi connectivity index (χ1n) is 8.28. The lowest BCUT2D eigenvalue weighted by Gasteiger charge is -2.24. The van der Waals surface area contributed by atoms with E-state index in [1.165, 1.54) is 11.1 Å². The summed E-state index contributed by atoms with van der Waals surface area (Å²) >= 11 is 0. The highest BCUT2D eigenvalue weighted by Crippen LogP contribution is 2.32. The molecule has 0 aliphatic heterocycles. The molecule has 1 heterocycles. The first kappa shape index (κ1) is 14.7. The van der Waals surface area contributed by atoms with E-state index >= 15 is 0 Å². The summed E-state index contributed by atoms with van der Waals surface area (Å²) < 4.78 is 1.93. The smallest absolute Gasteiger partial charge is 0.231 e. The minimum Gasteiger partial charge on any atom is -0.326 e. The number of fused-ring (bicyclic) bond motifs is 1. The SMILES string of the molecule is O=C(Nc1ccc(-n2ccnc2)cc1)C1CCCc2ccccc21. The molecule has 1 atom stereocenters. The molecule has 1 amide bonds. The van der Waals surface area contributed by atoms with Crippen LogP contribution < -0.4 is 5.32 Å². The molecule has 0 saturated heterocycles. The summed E-state index contributed by atoms with van der Waals surface area (Å²) in [6.45, 7) is 0. The van der Waals surface area contributed by atoms with Crippen LogP contribution >= 0.6 is 0 Å². The molecule has 24 heavy (non-hydrogen) atoms. The highest BCUT2D eigenvalue weighted by molar-refractivity contribution is 5.96. The zero-order chi connectivity index (χ0) is 16.4. The van der Waals surface area contributed by atoms with Crippen molar-refractivity contribution >= 4 is 11.6 Å². The molecular formula is C20H19N3O. The zero-order valence-electron chi connectivity index (χ0n) is 13.4. The van der Waals surface area contributed by atoms with E-state index in [2.05, 4.69) is 22.4 Å². The molecular weight excluding hydrogens is 298 g/mol. The fourth-order valence-corrected chi connectivity index (χ4v) is 3.38. The summed E-state index contributed by atoms with van der Waals surface area (Å²) in [5.41, 5.74) is 4.33. The van der Waals surface area contributed by atoms with Crippen molar-refractivity contribution in [1.82, 2.24) is 9.55 Å². The Morgan fingerprint density at radius 1 is 1.12 bits per heavy atom. The summed E-state index contributed by atoms with van der Waals surface area (Å²) in [7, 11) is 0. The van der Waals surface area contributed by atoms with E-state index in [0.29, 0.717) is 0 Å². The van der Waals surface area contributed by atoms with E-state index in [-0.39, 0.29) is 11.8 Å². The van der Waals surface area contributed by atoms with Gasteiger partial charge in [-0.3, -0.25) is 4.79 Å². The Bertz CT molecular complexity index is 838. The monoisotopic (exact) mass is 317 g/mol. The van der Waals surface area contributed by atoms with Gasteiger partial charge in [0, 0.05) is 23.8 Å². The number of amides is 1. The van der Waals surface area contributed by atoms with Gasteiger partial charge >= 0.3 is 0 Å². The highest BCUT2D eigenvalue weighted by atomic mass is 16.1. The van der Waals surface area contributed by atoms with E-state index in [9.17, 15) is 4.79 Å². The Labute approximate surface area is 141 Å². The van der Waals surface area contributed by atoms with Crippen LogP contribution in [0.1, 0.15) is 29.9 Å². The second kappa shape index (κ2) is 6.32. The number of hydrogen-bond acceptors (Lipinski definition) is 2. The Hall–Kier alpha value is -2.88. The van der Waals surface area contributed by atoms with Gasteiger partial charge in [0.2, 0.25) is 5.91 Å². The molecule has 1 unspecified atom stereocenters. The molecule has 2 aromatic carbocycles. The molecule has 4 rings (SSSR count). The van der Waals surface area contributed by atoms with Crippen molar-refractivity contribution in [3.63, 3.8) is 0 Å². The van der Waals surface area contributed by atoms with E-state index in [1.807, 2.05) is 47.2 Å². The predicted octanol–water partition coefficient (Wildman–Crippen LogP) is 3.93. The Balaban J connectivity index is 1.51. The first-order valence-corrected chi connectivity index (χ1v) is 8.28. The van der Waals surface area contributed by atoms with Gasteiger partial charge in [0.1, 0.15) is 0 Å². The van der Waals surface area contributed by atoms with E-state index < -0.39 is 0 Å². The van der Waals surface area contributed by atoms with Gasteiger partial charge in [-0.2, -0.15) is 0 Å². The van der Waals surface area contributed by atoms with Gasteiger partial charge in [-0.05, 0) is 54.7 Å². The van der Waals surface area contributed by atoms with E-state index in [1.54, 1.807) is 12.5 Å². The molecule has 0 saturated carbocycles. The Kier molecular flexibility index (Phi) is 3.87. The summed E-state index contributed by atoms with van der Waals surface area (Å²) in [5, 5.41) is 3.06. The maximum Gasteiger partial charge on any atom is 0.231 e. The maximum absolute atomic E-state index is 12.7. The van der Waals surface area contributed by atoms with E-state index in [0.717, 1.165) is 30.6 Å². The molecule has 1 aliphatic rings. The van der Waals surface area contributed by atoms with Crippen LogP contribution in [0.15, 0.2) is 67.3 Å². The van der Waals surface area contributed by atoms with Crippen LogP contribution in [0.5, 0.6) is 0 Å². The van der Waals surface area contributed by atoms with E-state index in [4.69, 9.17) is 0 Å². The third-order valence-corrected chi connectivity index (χ3v) is 4.62. The number of carbonyl (C=O) groups excluding carboxylic acids is 1. The number of nitrogens with one attached hydrogen (secondary N) is 1. The van der Waals surface area contributed by atoms with Gasteiger partial charge in [0.15, 0.2) is 0 Å². The van der Waals surface area contributed by atoms with Crippen LogP contribution in [-0.4, -0.2) is 15.5 Å². The number of imidazole rings is 1. The molecule has 0 bridgehead atoms. The summed E-state index contributed by atoms with van der Waals surface area (Å²) in [6.07, 6.45) is 8.44. The fraction of sp³-hybridized carbons (Fsp3) is 0.200. The lowest BCUT2D eigenvalue weighted by atomic mass is 9.82. The van der Waals surface area contributed by atoms with Gasteiger partial charge in [-0.15, -0.1) is 0 Å². The molecule has 3 aromatic rings. The summed E-state index contributed by atoms with van der Waals surface area (Å²) in [6, 6.07) is 16.1. The molecule has 1 aliphatic carbocycles. The number of carbonyl (C=O) groups is 1. The van der Waals surface area contributed by atoms with Gasteiger partial charge in [-0.1, -0.05) is 24.3 Å². The van der Waals surface area contributed by atoms with Crippen molar-refractivity contribution in [2.75, 3.05) is 5.32 Å². The minimum absolute atomic E-state index is 0.0525. The largest absolute Gasteiger partial charge is 0.326 e. The third-order valence-electron chi connectivity index (χ3n) is 4.62. The topological polar surface area (TPSA) is 46.9 Å². The van der Waals surface area contributed by atoms with Gasteiger partial charge in [0.25, 0.3) is 0 Å². The quantitative estimate of drug-likeness (QED) is 0.795. The highest BCUT2D eigenvalue weighted by Gasteiger charge is 2.26. The Morgan fingerprint density at radius 3 is 2.75 bits per heavy atom. The Morgan fingerprint density at radius 2 is 1.96 bits per heavy atom. The van der Waals surface area contributed by atoms with Crippen LogP contribution in [0.4, 0.5) is 5.69 Å². The number of aryl methyl sites for hydroxylation is 1. The van der Waals surface area contributed by atoms with Crippen molar-refractivity contribution in [3.8, 4) is 5.69 Å². The number of rotatable bonds is 3. The summed E-state index contributed by atoms with van der Waals surface area (Å²) in [5.74, 6) is 0.0285. The van der Waals surface area contributed by atoms with Crippen molar-refractivity contribution in [2.24, 2.45) is 0 Å². The molecule has 4 nitrogen and oxygen atoms in total.